The quantitative estimate of drug-likeness (QED) is 0.0212. The Morgan fingerprint density at radius 2 is 0.719 bits per heavy atom. The summed E-state index contributed by atoms with van der Waals surface area (Å²) in [5, 5.41) is 3.03. The van der Waals surface area contributed by atoms with Crippen LogP contribution in [0.25, 0.3) is 0 Å². The Labute approximate surface area is 548 Å². The normalized spacial score (nSPS) is 14.5. The van der Waals surface area contributed by atoms with Crippen LogP contribution in [-0.2, 0) is 27.9 Å². The van der Waals surface area contributed by atoms with E-state index in [4.69, 9.17) is 13.8 Å². The first-order valence-corrected chi connectivity index (χ1v) is 37.3. The number of allylic oxidation sites excluding steroid dienone is 25. The molecule has 0 spiro atoms. The van der Waals surface area contributed by atoms with E-state index >= 15 is 0 Å². The molecule has 0 aromatic heterocycles. The fourth-order valence-electron chi connectivity index (χ4n) is 9.53. The van der Waals surface area contributed by atoms with Gasteiger partial charge in [-0.25, -0.2) is 0 Å². The zero-order valence-corrected chi connectivity index (χ0v) is 58.7. The van der Waals surface area contributed by atoms with Crippen LogP contribution < -0.4 is 10.2 Å². The van der Waals surface area contributed by atoms with E-state index in [0.717, 1.165) is 173 Å². The number of quaternary nitrogens is 1. The van der Waals surface area contributed by atoms with Crippen LogP contribution >= 0.6 is 7.82 Å². The number of phosphoric acid groups is 1. The van der Waals surface area contributed by atoms with E-state index in [0.29, 0.717) is 23.9 Å². The number of phosphoric ester groups is 1. The number of carbonyl (C=O) groups excluding carboxylic acids is 2. The standard InChI is InChI=1S/C79H133N2O7P/c1-7-10-13-16-19-22-25-28-30-32-34-36-38-40-42-44-46-48-50-53-56-59-62-65-68-71-78(82)80-76(75-87-89(84,85)86-74-73-81(4,5)6)77(70-67-64-61-58-55-52-27-24-21-18-15-12-9-3)88-79(83)72-69-66-63-60-57-54-51-49-47-45-43-41-39-37-35-33-31-29-26-23-20-17-14-11-8-2/h10-11,13-14,19-20,22-23,28-31,34-37,40-43,46-49,67,70,76-77H,7-9,12,15-18,21,24-27,32-33,38-39,44-45,50-66,68-69,71-75H2,1-6H3,(H-,80,82,84,85)/b13-10-,14-11-,22-19-,23-20-,30-28-,31-29-,36-34-,37-35-,42-40-,43-41-,48-46-,49-47-,70-67+. The highest BCUT2D eigenvalue weighted by molar-refractivity contribution is 7.45. The van der Waals surface area contributed by atoms with Crippen LogP contribution in [0.2, 0.25) is 0 Å². The molecule has 0 fully saturated rings. The molecule has 3 atom stereocenters. The second-order valence-corrected chi connectivity index (χ2v) is 26.0. The van der Waals surface area contributed by atoms with Gasteiger partial charge in [0.1, 0.15) is 19.3 Å². The van der Waals surface area contributed by atoms with E-state index in [1.807, 2.05) is 33.3 Å². The van der Waals surface area contributed by atoms with Crippen molar-refractivity contribution in [3.05, 3.63) is 158 Å². The minimum absolute atomic E-state index is 0.0371. The molecule has 1 N–H and O–H groups in total. The van der Waals surface area contributed by atoms with E-state index in [1.165, 1.54) is 57.8 Å². The minimum atomic E-state index is -4.73. The zero-order valence-electron chi connectivity index (χ0n) is 57.8. The second kappa shape index (κ2) is 66.5. The molecule has 0 aliphatic rings. The molecule has 0 saturated carbocycles. The highest BCUT2D eigenvalue weighted by atomic mass is 31.2. The number of nitrogens with zero attached hydrogens (tertiary/aromatic N) is 1. The van der Waals surface area contributed by atoms with E-state index in [1.54, 1.807) is 0 Å². The Morgan fingerprint density at radius 1 is 0.404 bits per heavy atom. The summed E-state index contributed by atoms with van der Waals surface area (Å²) < 4.78 is 30.4. The number of unbranched alkanes of at least 4 members (excludes halogenated alkanes) is 23. The molecular formula is C79H133N2O7P. The zero-order chi connectivity index (χ0) is 64.9. The molecule has 9 nitrogen and oxygen atoms in total. The van der Waals surface area contributed by atoms with Crippen LogP contribution in [0.15, 0.2) is 158 Å². The predicted molar refractivity (Wildman–Crippen MR) is 385 cm³/mol. The Balaban J connectivity index is 5.21. The lowest BCUT2D eigenvalue weighted by molar-refractivity contribution is -0.870. The van der Waals surface area contributed by atoms with Gasteiger partial charge in [0.05, 0.1) is 33.8 Å². The molecule has 0 heterocycles. The lowest BCUT2D eigenvalue weighted by atomic mass is 10.0. The Bertz CT molecular complexity index is 2080. The summed E-state index contributed by atoms with van der Waals surface area (Å²) in [6, 6.07) is -0.917. The van der Waals surface area contributed by atoms with Gasteiger partial charge in [0, 0.05) is 12.8 Å². The molecule has 0 aliphatic carbocycles. The fourth-order valence-corrected chi connectivity index (χ4v) is 10.3. The SMILES string of the molecule is CC/C=C\C/C=C\C/C=C\C/C=C\C/C=C\C/C=C\CCCCCCCCC(=O)NC(COP(=O)([O-])OCC[N+](C)(C)C)C(/C=C/CCCCCCCCCCCCC)OC(=O)CCCCCCCC/C=C\C/C=C\C/C=C\C/C=C\C/C=C\C/C=C\CC. The third kappa shape index (κ3) is 67.8. The lowest BCUT2D eigenvalue weighted by Crippen LogP contribution is -2.47. The van der Waals surface area contributed by atoms with Crippen LogP contribution in [0.3, 0.4) is 0 Å². The maximum atomic E-state index is 13.6. The van der Waals surface area contributed by atoms with Crippen molar-refractivity contribution in [2.24, 2.45) is 0 Å². The van der Waals surface area contributed by atoms with Gasteiger partial charge in [-0.3, -0.25) is 14.2 Å². The van der Waals surface area contributed by atoms with E-state index in [9.17, 15) is 19.0 Å². The average Bonchev–Trinajstić information content (AvgIpc) is 3.67. The van der Waals surface area contributed by atoms with Gasteiger partial charge in [-0.05, 0) is 134 Å². The minimum Gasteiger partial charge on any atom is -0.756 e. The molecule has 10 heteroatoms. The summed E-state index contributed by atoms with van der Waals surface area (Å²) in [6.45, 7) is 6.59. The van der Waals surface area contributed by atoms with Crippen molar-refractivity contribution in [3.63, 3.8) is 0 Å². The molecule has 3 unspecified atom stereocenters. The van der Waals surface area contributed by atoms with Gasteiger partial charge in [0.25, 0.3) is 7.82 Å². The first-order valence-electron chi connectivity index (χ1n) is 35.8. The summed E-state index contributed by atoms with van der Waals surface area (Å²) >= 11 is 0. The molecule has 0 radical (unpaired) electrons. The topological polar surface area (TPSA) is 114 Å². The van der Waals surface area contributed by atoms with Crippen molar-refractivity contribution in [1.29, 1.82) is 0 Å². The lowest BCUT2D eigenvalue weighted by Gasteiger charge is -2.30. The maximum absolute atomic E-state index is 13.6. The summed E-state index contributed by atoms with van der Waals surface area (Å²) in [5.41, 5.74) is 0. The number of esters is 1. The van der Waals surface area contributed by atoms with Crippen molar-refractivity contribution in [3.8, 4) is 0 Å². The van der Waals surface area contributed by atoms with Crippen LogP contribution in [0.5, 0.6) is 0 Å². The van der Waals surface area contributed by atoms with Gasteiger partial charge in [-0.15, -0.1) is 0 Å². The van der Waals surface area contributed by atoms with Crippen LogP contribution in [0, 0.1) is 0 Å². The van der Waals surface area contributed by atoms with Gasteiger partial charge in [0.2, 0.25) is 5.91 Å². The number of rotatable bonds is 63. The van der Waals surface area contributed by atoms with Gasteiger partial charge < -0.3 is 28.5 Å². The second-order valence-electron chi connectivity index (χ2n) is 24.6. The molecule has 506 valence electrons. The van der Waals surface area contributed by atoms with Crippen molar-refractivity contribution >= 4 is 19.7 Å². The van der Waals surface area contributed by atoms with Crippen LogP contribution in [-0.4, -0.2) is 69.4 Å². The van der Waals surface area contributed by atoms with Crippen molar-refractivity contribution in [2.75, 3.05) is 40.9 Å². The van der Waals surface area contributed by atoms with Crippen molar-refractivity contribution in [2.45, 2.75) is 290 Å². The predicted octanol–water partition coefficient (Wildman–Crippen LogP) is 22.5. The summed E-state index contributed by atoms with van der Waals surface area (Å²) in [5.74, 6) is -0.583. The fraction of sp³-hybridized carbons (Fsp3) is 0.646. The number of carbonyl (C=O) groups is 2. The molecule has 0 aromatic carbocycles. The van der Waals surface area contributed by atoms with Gasteiger partial charge >= 0.3 is 5.97 Å². The van der Waals surface area contributed by atoms with Gasteiger partial charge in [0.15, 0.2) is 0 Å². The molecule has 0 rings (SSSR count). The molecule has 89 heavy (non-hydrogen) atoms. The molecule has 0 saturated heterocycles. The first kappa shape index (κ1) is 84.6. The molecule has 0 bridgehead atoms. The summed E-state index contributed by atoms with van der Waals surface area (Å²) in [4.78, 5) is 40.2. The smallest absolute Gasteiger partial charge is 0.306 e. The summed E-state index contributed by atoms with van der Waals surface area (Å²) in [7, 11) is 1.14. The number of hydrogen-bond acceptors (Lipinski definition) is 7. The number of likely N-dealkylation sites (N-methyl/N-ethyl adjacent to an activating group) is 1. The van der Waals surface area contributed by atoms with Crippen LogP contribution in [0.1, 0.15) is 278 Å². The molecule has 1 amide bonds. The Morgan fingerprint density at radius 3 is 1.08 bits per heavy atom. The Kier molecular flexibility index (Phi) is 63.3. The summed E-state index contributed by atoms with van der Waals surface area (Å²) in [6.07, 6.45) is 97.8. The highest BCUT2D eigenvalue weighted by Gasteiger charge is 2.27. The van der Waals surface area contributed by atoms with E-state index in [2.05, 4.69) is 172 Å². The molecular weight excluding hydrogens is 1120 g/mol. The molecule has 0 aromatic rings. The van der Waals surface area contributed by atoms with Crippen LogP contribution in [0.4, 0.5) is 0 Å². The highest BCUT2D eigenvalue weighted by Crippen LogP contribution is 2.38. The number of hydrogen-bond donors (Lipinski definition) is 1. The van der Waals surface area contributed by atoms with Gasteiger partial charge in [-0.2, -0.15) is 0 Å². The number of ether oxygens (including phenoxy) is 1. The largest absolute Gasteiger partial charge is 0.756 e. The van der Waals surface area contributed by atoms with Crippen molar-refractivity contribution in [1.82, 2.24) is 5.32 Å². The first-order chi connectivity index (χ1) is 43.4. The van der Waals surface area contributed by atoms with Gasteiger partial charge in [-0.1, -0.05) is 288 Å². The van der Waals surface area contributed by atoms with E-state index < -0.39 is 26.6 Å². The number of amides is 1. The average molecular weight is 1250 g/mol. The monoisotopic (exact) mass is 1250 g/mol. The third-order valence-corrected chi connectivity index (χ3v) is 15.9. The third-order valence-electron chi connectivity index (χ3n) is 15.0. The van der Waals surface area contributed by atoms with Crippen molar-refractivity contribution < 1.29 is 37.3 Å². The van der Waals surface area contributed by atoms with E-state index in [-0.39, 0.29) is 31.3 Å². The molecule has 0 aliphatic heterocycles. The Hall–Kier alpha value is -4.37. The number of nitrogens with one attached hydrogen (secondary N) is 1. The maximum Gasteiger partial charge on any atom is 0.306 e.